The number of thioether (sulfide) groups is 1. The van der Waals surface area contributed by atoms with Crippen LogP contribution < -0.4 is 0 Å². The van der Waals surface area contributed by atoms with Crippen LogP contribution >= 0.6 is 23.1 Å². The molecule has 4 rings (SSSR count). The van der Waals surface area contributed by atoms with Crippen molar-refractivity contribution in [2.24, 2.45) is 4.99 Å². The number of rotatable bonds is 2. The molecule has 1 aromatic carbocycles. The standard InChI is InChI=1S/C17H18N2S2/c1-19-7-4-12(5-8-19)16-11-14-10-13(2-3-15(14)21-16)17-18-6-9-20-17/h2-4,10-11H,5-9H2,1H3. The minimum absolute atomic E-state index is 0.966. The zero-order valence-electron chi connectivity index (χ0n) is 12.1. The molecule has 0 bridgehead atoms. The third-order valence-corrected chi connectivity index (χ3v) is 6.29. The predicted octanol–water partition coefficient (Wildman–Crippen LogP) is 4.11. The molecule has 2 aliphatic rings. The Kier molecular flexibility index (Phi) is 3.61. The highest BCUT2D eigenvalue weighted by molar-refractivity contribution is 8.14. The van der Waals surface area contributed by atoms with E-state index in [0.29, 0.717) is 0 Å². The van der Waals surface area contributed by atoms with E-state index in [1.807, 2.05) is 23.1 Å². The van der Waals surface area contributed by atoms with Crippen molar-refractivity contribution in [2.45, 2.75) is 6.42 Å². The van der Waals surface area contributed by atoms with Gasteiger partial charge in [-0.15, -0.1) is 23.1 Å². The fourth-order valence-corrected chi connectivity index (χ4v) is 4.80. The van der Waals surface area contributed by atoms with E-state index in [1.54, 1.807) is 0 Å². The number of likely N-dealkylation sites (N-methyl/N-ethyl adjacent to an activating group) is 1. The Labute approximate surface area is 133 Å². The number of aliphatic imine (C=N–C) groups is 1. The predicted molar refractivity (Wildman–Crippen MR) is 95.8 cm³/mol. The molecule has 0 unspecified atom stereocenters. The van der Waals surface area contributed by atoms with E-state index in [9.17, 15) is 0 Å². The molecule has 0 N–H and O–H groups in total. The van der Waals surface area contributed by atoms with Gasteiger partial charge in [0.15, 0.2) is 0 Å². The molecule has 0 aliphatic carbocycles. The van der Waals surface area contributed by atoms with Crippen LogP contribution in [0, 0.1) is 0 Å². The maximum absolute atomic E-state index is 4.58. The molecule has 2 aromatic rings. The number of hydrogen-bond donors (Lipinski definition) is 0. The van der Waals surface area contributed by atoms with Crippen molar-refractivity contribution in [1.29, 1.82) is 0 Å². The second-order valence-corrected chi connectivity index (χ2v) is 7.81. The molecule has 0 atom stereocenters. The number of fused-ring (bicyclic) bond motifs is 1. The highest BCUT2D eigenvalue weighted by atomic mass is 32.2. The first kappa shape index (κ1) is 13.6. The molecule has 0 spiro atoms. The van der Waals surface area contributed by atoms with Gasteiger partial charge in [0.05, 0.1) is 5.04 Å². The molecule has 1 aromatic heterocycles. The summed E-state index contributed by atoms with van der Waals surface area (Å²) in [5.41, 5.74) is 2.80. The fraction of sp³-hybridized carbons (Fsp3) is 0.353. The topological polar surface area (TPSA) is 15.6 Å². The van der Waals surface area contributed by atoms with E-state index in [-0.39, 0.29) is 0 Å². The second kappa shape index (κ2) is 5.59. The lowest BCUT2D eigenvalue weighted by atomic mass is 10.1. The first-order chi connectivity index (χ1) is 10.3. The van der Waals surface area contributed by atoms with Crippen molar-refractivity contribution in [3.8, 4) is 0 Å². The van der Waals surface area contributed by atoms with Gasteiger partial charge in [-0.2, -0.15) is 0 Å². The maximum atomic E-state index is 4.58. The van der Waals surface area contributed by atoms with Gasteiger partial charge in [-0.1, -0.05) is 12.1 Å². The summed E-state index contributed by atoms with van der Waals surface area (Å²) in [5.74, 6) is 1.13. The van der Waals surface area contributed by atoms with Gasteiger partial charge in [0, 0.05) is 40.5 Å². The highest BCUT2D eigenvalue weighted by Gasteiger charge is 2.14. The molecule has 0 amide bonds. The van der Waals surface area contributed by atoms with Crippen LogP contribution in [0.25, 0.3) is 15.7 Å². The van der Waals surface area contributed by atoms with Gasteiger partial charge in [-0.05, 0) is 42.6 Å². The van der Waals surface area contributed by atoms with E-state index in [4.69, 9.17) is 0 Å². The van der Waals surface area contributed by atoms with Crippen LogP contribution in [-0.2, 0) is 0 Å². The molecule has 0 radical (unpaired) electrons. The lowest BCUT2D eigenvalue weighted by Crippen LogP contribution is -2.23. The van der Waals surface area contributed by atoms with Gasteiger partial charge in [0.2, 0.25) is 0 Å². The monoisotopic (exact) mass is 314 g/mol. The lowest BCUT2D eigenvalue weighted by molar-refractivity contribution is 0.370. The highest BCUT2D eigenvalue weighted by Crippen LogP contribution is 2.34. The van der Waals surface area contributed by atoms with Crippen molar-refractivity contribution >= 4 is 43.8 Å². The Morgan fingerprint density at radius 1 is 1.24 bits per heavy atom. The van der Waals surface area contributed by atoms with Crippen LogP contribution in [-0.4, -0.2) is 42.4 Å². The second-order valence-electron chi connectivity index (χ2n) is 5.64. The first-order valence-corrected chi connectivity index (χ1v) is 9.19. The van der Waals surface area contributed by atoms with E-state index in [1.165, 1.54) is 44.1 Å². The molecule has 108 valence electrons. The number of nitrogens with zero attached hydrogens (tertiary/aromatic N) is 2. The average Bonchev–Trinajstić information content (AvgIpc) is 3.16. The fourth-order valence-electron chi connectivity index (χ4n) is 2.84. The molecular weight excluding hydrogens is 296 g/mol. The largest absolute Gasteiger partial charge is 0.302 e. The molecule has 2 aliphatic heterocycles. The summed E-state index contributed by atoms with van der Waals surface area (Å²) in [7, 11) is 2.18. The van der Waals surface area contributed by atoms with Gasteiger partial charge in [0.1, 0.15) is 0 Å². The summed E-state index contributed by atoms with van der Waals surface area (Å²) >= 11 is 3.80. The summed E-state index contributed by atoms with van der Waals surface area (Å²) in [6.07, 6.45) is 3.55. The van der Waals surface area contributed by atoms with Crippen LogP contribution in [0.4, 0.5) is 0 Å². The van der Waals surface area contributed by atoms with Crippen LogP contribution in [0.3, 0.4) is 0 Å². The Morgan fingerprint density at radius 3 is 2.95 bits per heavy atom. The maximum Gasteiger partial charge on any atom is 0.0978 e. The first-order valence-electron chi connectivity index (χ1n) is 7.39. The summed E-state index contributed by atoms with van der Waals surface area (Å²) < 4.78 is 1.39. The number of benzene rings is 1. The molecule has 0 saturated carbocycles. The Bertz CT molecular complexity index is 742. The van der Waals surface area contributed by atoms with Crippen molar-refractivity contribution in [2.75, 3.05) is 32.4 Å². The Balaban J connectivity index is 1.70. The average molecular weight is 314 g/mol. The normalized spacial score (nSPS) is 19.9. The molecule has 2 nitrogen and oxygen atoms in total. The SMILES string of the molecule is CN1CC=C(c2cc3cc(C4=NCCS4)ccc3s2)CC1. The van der Waals surface area contributed by atoms with E-state index >= 15 is 0 Å². The Morgan fingerprint density at radius 2 is 2.19 bits per heavy atom. The van der Waals surface area contributed by atoms with Crippen LogP contribution in [0.2, 0.25) is 0 Å². The smallest absolute Gasteiger partial charge is 0.0978 e. The number of thiophene rings is 1. The minimum atomic E-state index is 0.966. The van der Waals surface area contributed by atoms with Crippen molar-refractivity contribution in [3.05, 3.63) is 40.8 Å². The van der Waals surface area contributed by atoms with Gasteiger partial charge >= 0.3 is 0 Å². The molecule has 0 fully saturated rings. The van der Waals surface area contributed by atoms with Gasteiger partial charge in [-0.3, -0.25) is 4.99 Å². The van der Waals surface area contributed by atoms with Crippen LogP contribution in [0.15, 0.2) is 35.3 Å². The Hall–Kier alpha value is -1.10. The summed E-state index contributed by atoms with van der Waals surface area (Å²) in [6, 6.07) is 9.15. The van der Waals surface area contributed by atoms with Crippen molar-refractivity contribution in [3.63, 3.8) is 0 Å². The molecular formula is C17H18N2S2. The van der Waals surface area contributed by atoms with E-state index in [2.05, 4.69) is 47.3 Å². The summed E-state index contributed by atoms with van der Waals surface area (Å²) in [4.78, 5) is 8.39. The number of hydrogen-bond acceptors (Lipinski definition) is 4. The molecule has 4 heteroatoms. The molecule has 3 heterocycles. The third kappa shape index (κ3) is 2.68. The summed E-state index contributed by atoms with van der Waals surface area (Å²) in [6.45, 7) is 3.20. The quantitative estimate of drug-likeness (QED) is 0.829. The van der Waals surface area contributed by atoms with Gasteiger partial charge in [0.25, 0.3) is 0 Å². The van der Waals surface area contributed by atoms with E-state index < -0.39 is 0 Å². The van der Waals surface area contributed by atoms with Gasteiger partial charge in [-0.25, -0.2) is 0 Å². The minimum Gasteiger partial charge on any atom is -0.302 e. The third-order valence-electron chi connectivity index (χ3n) is 4.08. The van der Waals surface area contributed by atoms with E-state index in [0.717, 1.165) is 18.8 Å². The molecule has 21 heavy (non-hydrogen) atoms. The zero-order chi connectivity index (χ0) is 14.2. The zero-order valence-corrected chi connectivity index (χ0v) is 13.8. The van der Waals surface area contributed by atoms with Crippen LogP contribution in [0.5, 0.6) is 0 Å². The van der Waals surface area contributed by atoms with Crippen molar-refractivity contribution < 1.29 is 0 Å². The molecule has 0 saturated heterocycles. The summed E-state index contributed by atoms with van der Waals surface area (Å²) in [5, 5.41) is 2.57. The van der Waals surface area contributed by atoms with Gasteiger partial charge < -0.3 is 4.90 Å². The lowest BCUT2D eigenvalue weighted by Gasteiger charge is -2.21. The van der Waals surface area contributed by atoms with Crippen LogP contribution in [0.1, 0.15) is 16.9 Å². The van der Waals surface area contributed by atoms with Crippen molar-refractivity contribution in [1.82, 2.24) is 4.90 Å².